The number of halogens is 2. The highest BCUT2D eigenvalue weighted by molar-refractivity contribution is 7.89. The number of carbonyl (C=O) groups excluding carboxylic acids is 1. The van der Waals surface area contributed by atoms with Gasteiger partial charge in [0.25, 0.3) is 0 Å². The van der Waals surface area contributed by atoms with Crippen LogP contribution in [0, 0.1) is 11.6 Å². The van der Waals surface area contributed by atoms with Crippen molar-refractivity contribution in [3.63, 3.8) is 0 Å². The number of sulfonamides is 1. The first-order chi connectivity index (χ1) is 18.7. The molecule has 1 saturated heterocycles. The van der Waals surface area contributed by atoms with E-state index in [4.69, 9.17) is 14.2 Å². The summed E-state index contributed by atoms with van der Waals surface area (Å²) in [5.41, 5.74) is 2.21. The van der Waals surface area contributed by atoms with Crippen LogP contribution in [0.15, 0.2) is 71.6 Å². The molecule has 0 saturated carbocycles. The minimum atomic E-state index is -4.03. The van der Waals surface area contributed by atoms with Crippen molar-refractivity contribution in [2.24, 2.45) is 0 Å². The molecule has 0 bridgehead atoms. The van der Waals surface area contributed by atoms with Gasteiger partial charge in [-0.15, -0.1) is 0 Å². The molecule has 0 N–H and O–H groups in total. The smallest absolute Gasteiger partial charge is 0.337 e. The van der Waals surface area contributed by atoms with Gasteiger partial charge in [0.15, 0.2) is 0 Å². The maximum Gasteiger partial charge on any atom is 0.337 e. The molecule has 1 aliphatic heterocycles. The third kappa shape index (κ3) is 7.18. The molecule has 8 nitrogen and oxygen atoms in total. The van der Waals surface area contributed by atoms with E-state index in [0.717, 1.165) is 23.3 Å². The van der Waals surface area contributed by atoms with Crippen LogP contribution in [0.25, 0.3) is 0 Å². The molecule has 11 heteroatoms. The Morgan fingerprint density at radius 1 is 0.923 bits per heavy atom. The van der Waals surface area contributed by atoms with E-state index < -0.39 is 32.5 Å². The van der Waals surface area contributed by atoms with E-state index in [1.165, 1.54) is 11.4 Å². The standard InChI is InChI=1S/C28H30F2N2O6S/c1-36-25-5-3-4-22(14-25)27(38-19-20-6-8-21(9-7-20)28(33)37-2)18-31-10-12-32(13-11-31)39(34,35)26-16-23(29)15-24(30)17-26/h3-9,14-17,27H,10-13,18-19H2,1-2H3/t27-/m0/s1. The Morgan fingerprint density at radius 2 is 1.59 bits per heavy atom. The maximum absolute atomic E-state index is 13.6. The Morgan fingerprint density at radius 3 is 2.21 bits per heavy atom. The lowest BCUT2D eigenvalue weighted by atomic mass is 10.1. The summed E-state index contributed by atoms with van der Waals surface area (Å²) in [6.07, 6.45) is -0.360. The van der Waals surface area contributed by atoms with Gasteiger partial charge in [-0.2, -0.15) is 4.31 Å². The molecule has 3 aromatic rings. The van der Waals surface area contributed by atoms with Crippen molar-refractivity contribution in [3.8, 4) is 5.75 Å². The highest BCUT2D eigenvalue weighted by Crippen LogP contribution is 2.26. The van der Waals surface area contributed by atoms with Gasteiger partial charge in [-0.05, 0) is 47.5 Å². The number of carbonyl (C=O) groups is 1. The van der Waals surface area contributed by atoms with Crippen LogP contribution in [0.2, 0.25) is 0 Å². The monoisotopic (exact) mass is 560 g/mol. The van der Waals surface area contributed by atoms with Crippen LogP contribution in [0.1, 0.15) is 27.6 Å². The first-order valence-corrected chi connectivity index (χ1v) is 13.7. The van der Waals surface area contributed by atoms with E-state index in [1.807, 2.05) is 24.3 Å². The summed E-state index contributed by atoms with van der Waals surface area (Å²) >= 11 is 0. The van der Waals surface area contributed by atoms with Gasteiger partial charge in [0, 0.05) is 38.8 Å². The minimum Gasteiger partial charge on any atom is -0.497 e. The van der Waals surface area contributed by atoms with Gasteiger partial charge in [-0.3, -0.25) is 4.90 Å². The van der Waals surface area contributed by atoms with E-state index in [0.29, 0.717) is 37.0 Å². The number of ether oxygens (including phenoxy) is 3. The van der Waals surface area contributed by atoms with Crippen molar-refractivity contribution >= 4 is 16.0 Å². The third-order valence-electron chi connectivity index (χ3n) is 6.52. The van der Waals surface area contributed by atoms with Crippen LogP contribution < -0.4 is 4.74 Å². The minimum absolute atomic E-state index is 0.167. The van der Waals surface area contributed by atoms with Crippen molar-refractivity contribution in [2.75, 3.05) is 46.9 Å². The summed E-state index contributed by atoms with van der Waals surface area (Å²) in [4.78, 5) is 13.4. The van der Waals surface area contributed by atoms with Crippen molar-refractivity contribution < 1.29 is 36.2 Å². The third-order valence-corrected chi connectivity index (χ3v) is 8.40. The fourth-order valence-corrected chi connectivity index (χ4v) is 5.83. The van der Waals surface area contributed by atoms with Crippen LogP contribution in [0.3, 0.4) is 0 Å². The van der Waals surface area contributed by atoms with Crippen molar-refractivity contribution in [1.82, 2.24) is 9.21 Å². The normalized spacial score (nSPS) is 15.6. The Balaban J connectivity index is 1.44. The second-order valence-electron chi connectivity index (χ2n) is 9.07. The number of hydrogen-bond acceptors (Lipinski definition) is 7. The van der Waals surface area contributed by atoms with Crippen LogP contribution in [0.5, 0.6) is 5.75 Å². The molecule has 1 fully saturated rings. The van der Waals surface area contributed by atoms with E-state index in [2.05, 4.69) is 4.90 Å². The number of nitrogens with zero attached hydrogens (tertiary/aromatic N) is 2. The van der Waals surface area contributed by atoms with Gasteiger partial charge >= 0.3 is 5.97 Å². The van der Waals surface area contributed by atoms with Gasteiger partial charge < -0.3 is 14.2 Å². The summed E-state index contributed by atoms with van der Waals surface area (Å²) < 4.78 is 70.9. The second-order valence-corrected chi connectivity index (χ2v) is 11.0. The molecular weight excluding hydrogens is 530 g/mol. The predicted molar refractivity (Wildman–Crippen MR) is 140 cm³/mol. The summed E-state index contributed by atoms with van der Waals surface area (Å²) in [6, 6.07) is 16.8. The van der Waals surface area contributed by atoms with Gasteiger partial charge in [0.1, 0.15) is 17.4 Å². The van der Waals surface area contributed by atoms with Crippen molar-refractivity contribution in [1.29, 1.82) is 0 Å². The fraction of sp³-hybridized carbons (Fsp3) is 0.321. The van der Waals surface area contributed by atoms with Crippen LogP contribution in [-0.2, 0) is 26.1 Å². The topological polar surface area (TPSA) is 85.4 Å². The molecular formula is C28H30F2N2O6S. The Bertz CT molecular complexity index is 1370. The van der Waals surface area contributed by atoms with Gasteiger partial charge in [-0.25, -0.2) is 22.0 Å². The Hall–Kier alpha value is -3.38. The number of methoxy groups -OCH3 is 2. The molecule has 39 heavy (non-hydrogen) atoms. The van der Waals surface area contributed by atoms with E-state index >= 15 is 0 Å². The number of hydrogen-bond donors (Lipinski definition) is 0. The average Bonchev–Trinajstić information content (AvgIpc) is 2.95. The molecule has 0 spiro atoms. The van der Waals surface area contributed by atoms with Crippen LogP contribution >= 0.6 is 0 Å². The molecule has 1 aliphatic rings. The van der Waals surface area contributed by atoms with Crippen molar-refractivity contribution in [2.45, 2.75) is 17.6 Å². The molecule has 0 radical (unpaired) electrons. The molecule has 0 unspecified atom stereocenters. The molecule has 0 aromatic heterocycles. The largest absolute Gasteiger partial charge is 0.497 e. The first-order valence-electron chi connectivity index (χ1n) is 12.3. The number of benzene rings is 3. The van der Waals surface area contributed by atoms with Crippen molar-refractivity contribution in [3.05, 3.63) is 95.1 Å². The van der Waals surface area contributed by atoms with Crippen LogP contribution in [0.4, 0.5) is 8.78 Å². The summed E-state index contributed by atoms with van der Waals surface area (Å²) in [5, 5.41) is 0. The number of rotatable bonds is 10. The first kappa shape index (κ1) is 28.6. The zero-order chi connectivity index (χ0) is 28.0. The molecule has 4 rings (SSSR count). The van der Waals surface area contributed by atoms with Gasteiger partial charge in [0.05, 0.1) is 37.4 Å². The van der Waals surface area contributed by atoms with E-state index in [-0.39, 0.29) is 25.8 Å². The highest BCUT2D eigenvalue weighted by Gasteiger charge is 2.30. The van der Waals surface area contributed by atoms with Gasteiger partial charge in [0.2, 0.25) is 10.0 Å². The molecule has 0 amide bonds. The number of esters is 1. The summed E-state index contributed by atoms with van der Waals surface area (Å²) in [5.74, 6) is -1.61. The zero-order valence-corrected chi connectivity index (χ0v) is 22.5. The summed E-state index contributed by atoms with van der Waals surface area (Å²) in [7, 11) is -1.12. The lowest BCUT2D eigenvalue weighted by Crippen LogP contribution is -2.49. The SMILES string of the molecule is COC(=O)c1ccc(CO[C@@H](CN2CCN(S(=O)(=O)c3cc(F)cc(F)c3)CC2)c2cccc(OC)c2)cc1. The predicted octanol–water partition coefficient (Wildman–Crippen LogP) is 4.02. The average molecular weight is 561 g/mol. The molecule has 1 heterocycles. The number of piperazine rings is 1. The highest BCUT2D eigenvalue weighted by atomic mass is 32.2. The Kier molecular flexibility index (Phi) is 9.28. The molecule has 1 atom stereocenters. The zero-order valence-electron chi connectivity index (χ0n) is 21.7. The summed E-state index contributed by atoms with van der Waals surface area (Å²) in [6.45, 7) is 1.92. The van der Waals surface area contributed by atoms with E-state index in [1.54, 1.807) is 31.4 Å². The quantitative estimate of drug-likeness (QED) is 0.346. The van der Waals surface area contributed by atoms with E-state index in [9.17, 15) is 22.0 Å². The maximum atomic E-state index is 13.6. The molecule has 208 valence electrons. The second kappa shape index (κ2) is 12.6. The lowest BCUT2D eigenvalue weighted by Gasteiger charge is -2.36. The Labute approximate surface area is 226 Å². The van der Waals surface area contributed by atoms with Crippen LogP contribution in [-0.4, -0.2) is 70.5 Å². The lowest BCUT2D eigenvalue weighted by molar-refractivity contribution is 0.00761. The molecule has 3 aromatic carbocycles. The molecule has 0 aliphatic carbocycles. The van der Waals surface area contributed by atoms with Gasteiger partial charge in [-0.1, -0.05) is 24.3 Å². The fourth-order valence-electron chi connectivity index (χ4n) is 4.36.